The summed E-state index contributed by atoms with van der Waals surface area (Å²) >= 11 is 12.0. The molecule has 0 spiro atoms. The second-order valence-electron chi connectivity index (χ2n) is 7.26. The zero-order chi connectivity index (χ0) is 20.5. The number of carbonyl (C=O) groups is 1. The van der Waals surface area contributed by atoms with Crippen molar-refractivity contribution < 1.29 is 23.4 Å². The van der Waals surface area contributed by atoms with E-state index >= 15 is 0 Å². The molecule has 28 heavy (non-hydrogen) atoms. The number of fused-ring (bicyclic) bond motifs is 2. The summed E-state index contributed by atoms with van der Waals surface area (Å²) in [4.78, 5) is 14.7. The Kier molecular flexibility index (Phi) is 6.89. The van der Waals surface area contributed by atoms with Gasteiger partial charge in [-0.2, -0.15) is 4.31 Å². The summed E-state index contributed by atoms with van der Waals surface area (Å²) in [6.45, 7) is 0.290. The van der Waals surface area contributed by atoms with Crippen LogP contribution in [0.15, 0.2) is 23.1 Å². The second-order valence-corrected chi connectivity index (χ2v) is 9.97. The Balaban J connectivity index is 2.06. The van der Waals surface area contributed by atoms with Gasteiger partial charge < -0.3 is 15.1 Å². The summed E-state index contributed by atoms with van der Waals surface area (Å²) in [7, 11) is -4.05. The molecule has 3 atom stereocenters. The zero-order valence-corrected chi connectivity index (χ0v) is 17.6. The molecule has 2 heterocycles. The van der Waals surface area contributed by atoms with Gasteiger partial charge in [0.15, 0.2) is 0 Å². The topological polar surface area (TPSA) is 98.1 Å². The lowest BCUT2D eigenvalue weighted by Crippen LogP contribution is -2.55. The SMILES string of the molecule is O=C1C2CCCC(C(CO)CN1CCCO)N2S(=O)(=O)c1cc(Cl)cc(Cl)c1. The molecule has 0 aromatic heterocycles. The molecule has 3 unspecified atom stereocenters. The highest BCUT2D eigenvalue weighted by molar-refractivity contribution is 7.89. The van der Waals surface area contributed by atoms with E-state index in [-0.39, 0.29) is 40.6 Å². The summed E-state index contributed by atoms with van der Waals surface area (Å²) in [5, 5.41) is 19.5. The maximum absolute atomic E-state index is 13.5. The molecule has 1 aromatic rings. The van der Waals surface area contributed by atoms with Gasteiger partial charge in [0, 0.05) is 48.3 Å². The molecule has 1 amide bonds. The number of rotatable bonds is 6. The fraction of sp³-hybridized carbons (Fsp3) is 0.611. The molecular weight excluding hydrogens is 427 g/mol. The summed E-state index contributed by atoms with van der Waals surface area (Å²) in [5.74, 6) is -0.692. The van der Waals surface area contributed by atoms with Crippen LogP contribution < -0.4 is 0 Å². The minimum atomic E-state index is -4.05. The first kappa shape index (κ1) is 21.8. The smallest absolute Gasteiger partial charge is 0.244 e. The number of carbonyl (C=O) groups excluding carboxylic acids is 1. The minimum absolute atomic E-state index is 0.0600. The van der Waals surface area contributed by atoms with Crippen LogP contribution in [-0.4, -0.2) is 72.1 Å². The quantitative estimate of drug-likeness (QED) is 0.687. The normalized spacial score (nSPS) is 26.4. The first-order valence-corrected chi connectivity index (χ1v) is 11.5. The lowest BCUT2D eigenvalue weighted by molar-refractivity contribution is -0.135. The Morgan fingerprint density at radius 2 is 1.79 bits per heavy atom. The van der Waals surface area contributed by atoms with Gasteiger partial charge in [0.2, 0.25) is 15.9 Å². The van der Waals surface area contributed by atoms with Crippen LogP contribution in [0.1, 0.15) is 25.7 Å². The maximum atomic E-state index is 13.5. The number of nitrogens with zero attached hydrogens (tertiary/aromatic N) is 2. The number of aliphatic hydroxyl groups is 2. The average molecular weight is 451 g/mol. The lowest BCUT2D eigenvalue weighted by Gasteiger charge is -2.40. The molecule has 2 saturated heterocycles. The molecule has 2 bridgehead atoms. The summed E-state index contributed by atoms with van der Waals surface area (Å²) in [6, 6.07) is 2.77. The van der Waals surface area contributed by atoms with Crippen molar-refractivity contribution in [2.45, 2.75) is 42.7 Å². The van der Waals surface area contributed by atoms with Crippen molar-refractivity contribution in [1.82, 2.24) is 9.21 Å². The number of amides is 1. The predicted molar refractivity (Wildman–Crippen MR) is 106 cm³/mol. The van der Waals surface area contributed by atoms with Crippen molar-refractivity contribution in [3.8, 4) is 0 Å². The van der Waals surface area contributed by atoms with Crippen molar-refractivity contribution in [2.75, 3.05) is 26.3 Å². The standard InChI is InChI=1S/C18H24Cl2N2O5S/c19-13-7-14(20)9-15(8-13)28(26,27)22-16-3-1-4-17(22)18(25)21(5-2-6-23)10-12(16)11-24/h7-9,12,16-17,23-24H,1-6,10-11H2. The first-order valence-electron chi connectivity index (χ1n) is 9.29. The molecule has 2 fully saturated rings. The van der Waals surface area contributed by atoms with E-state index in [2.05, 4.69) is 0 Å². The number of piperidine rings is 1. The summed E-state index contributed by atoms with van der Waals surface area (Å²) in [5.41, 5.74) is 0. The van der Waals surface area contributed by atoms with Crippen LogP contribution in [0.2, 0.25) is 10.0 Å². The fourth-order valence-electron chi connectivity index (χ4n) is 4.17. The van der Waals surface area contributed by atoms with E-state index < -0.39 is 28.0 Å². The Labute approximate surface area is 174 Å². The monoisotopic (exact) mass is 450 g/mol. The Bertz CT molecular complexity index is 815. The Morgan fingerprint density at radius 1 is 1.11 bits per heavy atom. The van der Waals surface area contributed by atoms with Gasteiger partial charge in [-0.25, -0.2) is 8.42 Å². The summed E-state index contributed by atoms with van der Waals surface area (Å²) in [6.07, 6.45) is 2.08. The molecule has 2 aliphatic rings. The maximum Gasteiger partial charge on any atom is 0.244 e. The van der Waals surface area contributed by atoms with Gasteiger partial charge in [-0.15, -0.1) is 0 Å². The van der Waals surface area contributed by atoms with Crippen LogP contribution in [0.5, 0.6) is 0 Å². The first-order chi connectivity index (χ1) is 13.3. The molecule has 1 aromatic carbocycles. The zero-order valence-electron chi connectivity index (χ0n) is 15.3. The van der Waals surface area contributed by atoms with Gasteiger partial charge in [-0.1, -0.05) is 23.2 Å². The average Bonchev–Trinajstić information content (AvgIpc) is 2.72. The second kappa shape index (κ2) is 8.85. The van der Waals surface area contributed by atoms with Gasteiger partial charge in [0.05, 0.1) is 4.90 Å². The number of aliphatic hydroxyl groups excluding tert-OH is 2. The van der Waals surface area contributed by atoms with Gasteiger partial charge in [-0.05, 0) is 43.9 Å². The molecule has 156 valence electrons. The molecule has 2 aliphatic heterocycles. The third kappa shape index (κ3) is 4.17. The van der Waals surface area contributed by atoms with Gasteiger partial charge in [0.1, 0.15) is 6.04 Å². The van der Waals surface area contributed by atoms with Gasteiger partial charge in [-0.3, -0.25) is 4.79 Å². The minimum Gasteiger partial charge on any atom is -0.396 e. The van der Waals surface area contributed by atoms with Crippen molar-refractivity contribution >= 4 is 39.1 Å². The molecule has 0 saturated carbocycles. The van der Waals surface area contributed by atoms with Crippen molar-refractivity contribution in [3.63, 3.8) is 0 Å². The van der Waals surface area contributed by atoms with E-state index in [0.29, 0.717) is 32.2 Å². The summed E-state index contributed by atoms with van der Waals surface area (Å²) < 4.78 is 28.3. The number of benzene rings is 1. The highest BCUT2D eigenvalue weighted by Crippen LogP contribution is 2.38. The van der Waals surface area contributed by atoms with Crippen LogP contribution in [0.3, 0.4) is 0 Å². The van der Waals surface area contributed by atoms with Crippen molar-refractivity contribution in [3.05, 3.63) is 28.2 Å². The van der Waals surface area contributed by atoms with E-state index in [9.17, 15) is 18.3 Å². The van der Waals surface area contributed by atoms with Crippen LogP contribution >= 0.6 is 23.2 Å². The van der Waals surface area contributed by atoms with E-state index in [1.807, 2.05) is 0 Å². The number of halogens is 2. The predicted octanol–water partition coefficient (Wildman–Crippen LogP) is 1.74. The molecule has 3 rings (SSSR count). The van der Waals surface area contributed by atoms with Crippen molar-refractivity contribution in [1.29, 1.82) is 0 Å². The third-order valence-corrected chi connectivity index (χ3v) is 7.79. The van der Waals surface area contributed by atoms with E-state index in [0.717, 1.165) is 0 Å². The van der Waals surface area contributed by atoms with E-state index in [1.165, 1.54) is 22.5 Å². The molecule has 0 radical (unpaired) electrons. The molecule has 10 heteroatoms. The Morgan fingerprint density at radius 3 is 2.39 bits per heavy atom. The number of hydrogen-bond acceptors (Lipinski definition) is 5. The number of sulfonamides is 1. The fourth-order valence-corrected chi connectivity index (χ4v) is 6.79. The van der Waals surface area contributed by atoms with Gasteiger partial charge in [0.25, 0.3) is 0 Å². The largest absolute Gasteiger partial charge is 0.396 e. The van der Waals surface area contributed by atoms with Crippen molar-refractivity contribution in [2.24, 2.45) is 5.92 Å². The van der Waals surface area contributed by atoms with E-state index in [4.69, 9.17) is 28.3 Å². The lowest BCUT2D eigenvalue weighted by atomic mass is 9.91. The molecule has 0 aliphatic carbocycles. The number of hydrogen-bond donors (Lipinski definition) is 2. The van der Waals surface area contributed by atoms with Gasteiger partial charge >= 0.3 is 0 Å². The molecular formula is C18H24Cl2N2O5S. The van der Waals surface area contributed by atoms with Crippen LogP contribution in [0.4, 0.5) is 0 Å². The van der Waals surface area contributed by atoms with Crippen LogP contribution in [0, 0.1) is 5.92 Å². The van der Waals surface area contributed by atoms with Crippen LogP contribution in [-0.2, 0) is 14.8 Å². The highest BCUT2D eigenvalue weighted by Gasteiger charge is 2.49. The Hall–Kier alpha value is -0.900. The highest BCUT2D eigenvalue weighted by atomic mass is 35.5. The molecule has 2 N–H and O–H groups in total. The third-order valence-electron chi connectivity index (χ3n) is 5.44. The van der Waals surface area contributed by atoms with Crippen LogP contribution in [0.25, 0.3) is 0 Å². The molecule has 7 nitrogen and oxygen atoms in total. The van der Waals surface area contributed by atoms with E-state index in [1.54, 1.807) is 4.90 Å².